The van der Waals surface area contributed by atoms with E-state index in [4.69, 9.17) is 9.47 Å². The van der Waals surface area contributed by atoms with E-state index in [2.05, 4.69) is 15.0 Å². The van der Waals surface area contributed by atoms with Gasteiger partial charge >= 0.3 is 24.3 Å². The zero-order valence-corrected chi connectivity index (χ0v) is 16.6. The van der Waals surface area contributed by atoms with E-state index in [9.17, 15) is 28.1 Å². The van der Waals surface area contributed by atoms with E-state index in [1.54, 1.807) is 24.3 Å². The van der Waals surface area contributed by atoms with Crippen LogP contribution in [0.3, 0.4) is 0 Å². The second-order valence-electron chi connectivity index (χ2n) is 6.90. The standard InChI is InChI=1S/C20H15F3N4O6/c21-20(22,23)33-15-7-3-13(4-8-15)12-1-5-14(6-2-12)24-19(28)32-16-9-26-10-17(27(29)30)25-18(26)31-11-16/h1-8,10,16H,9,11H2,(H,24,28)/t16-/m0/s1. The van der Waals surface area contributed by atoms with Crippen molar-refractivity contribution in [3.8, 4) is 22.9 Å². The maximum atomic E-state index is 12.3. The summed E-state index contributed by atoms with van der Waals surface area (Å²) in [5.41, 5.74) is 1.79. The normalized spacial score (nSPS) is 15.2. The van der Waals surface area contributed by atoms with Crippen LogP contribution in [0.15, 0.2) is 54.7 Å². The maximum absolute atomic E-state index is 12.3. The lowest BCUT2D eigenvalue weighted by Gasteiger charge is -2.22. The minimum Gasteiger partial charge on any atom is -0.442 e. The maximum Gasteiger partial charge on any atom is 0.573 e. The number of amides is 1. The minimum absolute atomic E-state index is 0.00538. The monoisotopic (exact) mass is 464 g/mol. The second kappa shape index (κ2) is 8.68. The van der Waals surface area contributed by atoms with Crippen molar-refractivity contribution in [2.45, 2.75) is 19.0 Å². The summed E-state index contributed by atoms with van der Waals surface area (Å²) in [5, 5.41) is 13.3. The van der Waals surface area contributed by atoms with Gasteiger partial charge in [-0.15, -0.1) is 13.2 Å². The van der Waals surface area contributed by atoms with Gasteiger partial charge in [0.15, 0.2) is 6.10 Å². The first-order valence-corrected chi connectivity index (χ1v) is 9.44. The number of nitrogens with one attached hydrogen (secondary N) is 1. The van der Waals surface area contributed by atoms with E-state index >= 15 is 0 Å². The number of hydrogen-bond acceptors (Lipinski definition) is 7. The molecule has 1 N–H and O–H groups in total. The lowest BCUT2D eigenvalue weighted by Crippen LogP contribution is -2.35. The predicted molar refractivity (Wildman–Crippen MR) is 107 cm³/mol. The number of alkyl halides is 3. The third-order valence-corrected chi connectivity index (χ3v) is 4.54. The number of benzene rings is 2. The van der Waals surface area contributed by atoms with Gasteiger partial charge < -0.3 is 24.3 Å². The van der Waals surface area contributed by atoms with Gasteiger partial charge in [0.2, 0.25) is 0 Å². The first-order valence-electron chi connectivity index (χ1n) is 9.44. The van der Waals surface area contributed by atoms with Crippen LogP contribution in [0, 0.1) is 10.1 Å². The van der Waals surface area contributed by atoms with Crippen LogP contribution in [0.2, 0.25) is 0 Å². The lowest BCUT2D eigenvalue weighted by molar-refractivity contribution is -0.389. The largest absolute Gasteiger partial charge is 0.573 e. The molecular weight excluding hydrogens is 449 g/mol. The second-order valence-corrected chi connectivity index (χ2v) is 6.90. The number of nitrogens with zero attached hydrogens (tertiary/aromatic N) is 3. The van der Waals surface area contributed by atoms with Crippen molar-refractivity contribution >= 4 is 17.6 Å². The molecule has 10 nitrogen and oxygen atoms in total. The third-order valence-electron chi connectivity index (χ3n) is 4.54. The zero-order chi connectivity index (χ0) is 23.6. The van der Waals surface area contributed by atoms with Gasteiger partial charge in [-0.05, 0) is 40.3 Å². The van der Waals surface area contributed by atoms with Crippen LogP contribution >= 0.6 is 0 Å². The van der Waals surface area contributed by atoms with E-state index in [1.807, 2.05) is 0 Å². The number of hydrogen-bond donors (Lipinski definition) is 1. The molecule has 1 aromatic heterocycles. The van der Waals surface area contributed by atoms with Gasteiger partial charge in [-0.2, -0.15) is 0 Å². The molecule has 1 amide bonds. The van der Waals surface area contributed by atoms with Gasteiger partial charge in [-0.1, -0.05) is 24.3 Å². The Bertz CT molecular complexity index is 1160. The van der Waals surface area contributed by atoms with Crippen molar-refractivity contribution in [2.24, 2.45) is 0 Å². The smallest absolute Gasteiger partial charge is 0.442 e. The Kier molecular flexibility index (Phi) is 5.77. The van der Waals surface area contributed by atoms with Gasteiger partial charge in [0.05, 0.1) is 6.54 Å². The summed E-state index contributed by atoms with van der Waals surface area (Å²) in [6.45, 7) is 0.144. The molecular formula is C20H15F3N4O6. The van der Waals surface area contributed by atoms with E-state index in [1.165, 1.54) is 35.0 Å². The number of carbonyl (C=O) groups excluding carboxylic acids is 1. The van der Waals surface area contributed by atoms with Crippen LogP contribution in [0.4, 0.5) is 29.5 Å². The molecule has 0 saturated carbocycles. The molecule has 0 bridgehead atoms. The number of rotatable bonds is 5. The van der Waals surface area contributed by atoms with E-state index < -0.39 is 23.5 Å². The van der Waals surface area contributed by atoms with Crippen molar-refractivity contribution in [3.63, 3.8) is 0 Å². The highest BCUT2D eigenvalue weighted by Gasteiger charge is 2.31. The van der Waals surface area contributed by atoms with Gasteiger partial charge in [0.25, 0.3) is 0 Å². The first-order chi connectivity index (χ1) is 15.7. The summed E-state index contributed by atoms with van der Waals surface area (Å²) in [5.74, 6) is -0.686. The molecule has 172 valence electrons. The van der Waals surface area contributed by atoms with Gasteiger partial charge in [-0.25, -0.2) is 4.79 Å². The molecule has 0 spiro atoms. The predicted octanol–water partition coefficient (Wildman–Crippen LogP) is 4.37. The van der Waals surface area contributed by atoms with Crippen molar-refractivity contribution in [2.75, 3.05) is 11.9 Å². The van der Waals surface area contributed by atoms with Crippen molar-refractivity contribution in [1.82, 2.24) is 9.55 Å². The number of carbonyl (C=O) groups is 1. The highest BCUT2D eigenvalue weighted by molar-refractivity contribution is 5.85. The molecule has 0 unspecified atom stereocenters. The molecule has 1 atom stereocenters. The number of imidazole rings is 1. The Morgan fingerprint density at radius 1 is 1.15 bits per heavy atom. The number of ether oxygens (including phenoxy) is 3. The summed E-state index contributed by atoms with van der Waals surface area (Å²) in [6, 6.07) is 12.0. The zero-order valence-electron chi connectivity index (χ0n) is 16.6. The molecule has 13 heteroatoms. The molecule has 33 heavy (non-hydrogen) atoms. The molecule has 0 aliphatic carbocycles. The molecule has 2 aromatic carbocycles. The van der Waals surface area contributed by atoms with Crippen molar-refractivity contribution in [1.29, 1.82) is 0 Å². The molecule has 1 aliphatic heterocycles. The van der Waals surface area contributed by atoms with Crippen molar-refractivity contribution < 1.29 is 37.1 Å². The Morgan fingerprint density at radius 3 is 2.39 bits per heavy atom. The van der Waals surface area contributed by atoms with Crippen LogP contribution in [0.5, 0.6) is 11.8 Å². The molecule has 4 rings (SSSR count). The fraction of sp³-hybridized carbons (Fsp3) is 0.200. The SMILES string of the molecule is O=C(Nc1ccc(-c2ccc(OC(F)(F)F)cc2)cc1)O[C@@H]1COc2nc([N+](=O)[O-])cn2C1. The van der Waals surface area contributed by atoms with Gasteiger partial charge in [-0.3, -0.25) is 9.88 Å². The summed E-state index contributed by atoms with van der Waals surface area (Å²) in [6.07, 6.45) is -4.98. The molecule has 3 aromatic rings. The van der Waals surface area contributed by atoms with E-state index in [0.29, 0.717) is 16.8 Å². The lowest BCUT2D eigenvalue weighted by atomic mass is 10.1. The first kappa shape index (κ1) is 21.9. The summed E-state index contributed by atoms with van der Waals surface area (Å²) >= 11 is 0. The number of fused-ring (bicyclic) bond motifs is 1. The van der Waals surface area contributed by atoms with Crippen LogP contribution in [0.25, 0.3) is 11.1 Å². The average Bonchev–Trinajstić information content (AvgIpc) is 3.18. The Labute approximate surface area is 183 Å². The molecule has 2 heterocycles. The summed E-state index contributed by atoms with van der Waals surface area (Å²) < 4.78 is 52.6. The van der Waals surface area contributed by atoms with Crippen LogP contribution in [0.1, 0.15) is 0 Å². The number of anilines is 1. The quantitative estimate of drug-likeness (QED) is 0.440. The third kappa shape index (κ3) is 5.50. The van der Waals surface area contributed by atoms with Gasteiger partial charge in [0.1, 0.15) is 18.6 Å². The minimum atomic E-state index is -4.76. The summed E-state index contributed by atoms with van der Waals surface area (Å²) in [7, 11) is 0. The highest BCUT2D eigenvalue weighted by atomic mass is 19.4. The Balaban J connectivity index is 1.32. The summed E-state index contributed by atoms with van der Waals surface area (Å²) in [4.78, 5) is 26.0. The van der Waals surface area contributed by atoms with Crippen LogP contribution in [-0.2, 0) is 11.3 Å². The van der Waals surface area contributed by atoms with Crippen LogP contribution < -0.4 is 14.8 Å². The average molecular weight is 464 g/mol. The molecule has 0 saturated heterocycles. The van der Waals surface area contributed by atoms with E-state index in [-0.39, 0.29) is 30.7 Å². The highest BCUT2D eigenvalue weighted by Crippen LogP contribution is 2.27. The molecule has 0 radical (unpaired) electrons. The Morgan fingerprint density at radius 2 is 1.79 bits per heavy atom. The Hall–Kier alpha value is -4.29. The number of aromatic nitrogens is 2. The fourth-order valence-electron chi connectivity index (χ4n) is 3.12. The van der Waals surface area contributed by atoms with Crippen LogP contribution in [-0.4, -0.2) is 39.6 Å². The molecule has 0 fully saturated rings. The number of halogens is 3. The van der Waals surface area contributed by atoms with Gasteiger partial charge in [0, 0.05) is 10.7 Å². The van der Waals surface area contributed by atoms with Crippen molar-refractivity contribution in [3.05, 3.63) is 64.8 Å². The van der Waals surface area contributed by atoms with E-state index in [0.717, 1.165) is 0 Å². The topological polar surface area (TPSA) is 118 Å². The number of nitro groups is 1. The fourth-order valence-corrected chi connectivity index (χ4v) is 3.12. The molecule has 1 aliphatic rings.